The van der Waals surface area contributed by atoms with Crippen LogP contribution >= 0.6 is 7.82 Å². The molecule has 0 aliphatic carbocycles. The lowest BCUT2D eigenvalue weighted by Crippen LogP contribution is -2.29. The molecule has 10 heteroatoms. The largest absolute Gasteiger partial charge is 0.469 e. The Morgan fingerprint density at radius 1 is 0.585 bits per heavy atom. The number of aliphatic hydroxyl groups excluding tert-OH is 1. The van der Waals surface area contributed by atoms with E-state index in [9.17, 15) is 19.3 Å². The van der Waals surface area contributed by atoms with Gasteiger partial charge in [0.05, 0.1) is 12.7 Å². The first-order chi connectivity index (χ1) is 25.7. The fourth-order valence-corrected chi connectivity index (χ4v) is 4.91. The molecule has 53 heavy (non-hydrogen) atoms. The van der Waals surface area contributed by atoms with E-state index in [1.807, 2.05) is 36.5 Å². The maximum atomic E-state index is 12.4. The number of carbonyl (C=O) groups is 2. The molecular weight excluding hydrogens is 691 g/mol. The quantitative estimate of drug-likeness (QED) is 0.0196. The van der Waals surface area contributed by atoms with Crippen LogP contribution in [0.15, 0.2) is 109 Å². The van der Waals surface area contributed by atoms with Gasteiger partial charge in [0.1, 0.15) is 6.61 Å². The van der Waals surface area contributed by atoms with Crippen molar-refractivity contribution < 1.29 is 43.0 Å². The number of esters is 2. The van der Waals surface area contributed by atoms with E-state index in [1.165, 1.54) is 0 Å². The van der Waals surface area contributed by atoms with Crippen LogP contribution in [0.4, 0.5) is 0 Å². The molecule has 3 N–H and O–H groups in total. The predicted molar refractivity (Wildman–Crippen MR) is 217 cm³/mol. The summed E-state index contributed by atoms with van der Waals surface area (Å²) in [5.74, 6) is -1.05. The first-order valence-electron chi connectivity index (χ1n) is 19.3. The number of aliphatic hydroxyl groups is 1. The van der Waals surface area contributed by atoms with Gasteiger partial charge in [-0.1, -0.05) is 142 Å². The molecule has 0 spiro atoms. The van der Waals surface area contributed by atoms with E-state index in [0.29, 0.717) is 19.3 Å². The SMILES string of the molecule is CC/C=C\C/C=C\C/C=C\C/C=C\C/C=C\C/C=C\CCC(=O)OC[C@H](COP(=O)(O)O)OC(=O)CCCCCCC/C=C/C=C/C(O)C/C=C/CC. The summed E-state index contributed by atoms with van der Waals surface area (Å²) in [4.78, 5) is 42.7. The topological polar surface area (TPSA) is 140 Å². The fourth-order valence-electron chi connectivity index (χ4n) is 4.55. The molecule has 0 bridgehead atoms. The van der Waals surface area contributed by atoms with Gasteiger partial charge in [0, 0.05) is 12.8 Å². The normalized spacial score (nSPS) is 14.3. The van der Waals surface area contributed by atoms with Crippen LogP contribution in [0, 0.1) is 0 Å². The van der Waals surface area contributed by atoms with Crippen molar-refractivity contribution >= 4 is 19.8 Å². The minimum Gasteiger partial charge on any atom is -0.462 e. The molecule has 0 saturated heterocycles. The van der Waals surface area contributed by atoms with E-state index in [0.717, 1.165) is 77.0 Å². The van der Waals surface area contributed by atoms with Crippen molar-refractivity contribution in [3.8, 4) is 0 Å². The van der Waals surface area contributed by atoms with Crippen molar-refractivity contribution in [2.24, 2.45) is 0 Å². The van der Waals surface area contributed by atoms with Gasteiger partial charge in [0.25, 0.3) is 0 Å². The average molecular weight is 759 g/mol. The van der Waals surface area contributed by atoms with Gasteiger partial charge in [-0.3, -0.25) is 14.1 Å². The lowest BCUT2D eigenvalue weighted by molar-refractivity contribution is -0.161. The number of rotatable bonds is 33. The van der Waals surface area contributed by atoms with E-state index in [2.05, 4.69) is 85.2 Å². The molecule has 0 heterocycles. The van der Waals surface area contributed by atoms with E-state index in [1.54, 1.807) is 6.08 Å². The average Bonchev–Trinajstić information content (AvgIpc) is 3.12. The molecule has 298 valence electrons. The highest BCUT2D eigenvalue weighted by Crippen LogP contribution is 2.35. The standard InChI is InChI=1S/C43H67O9P/c1-3-5-7-8-9-10-11-12-13-14-15-16-17-18-19-22-25-28-32-36-42(45)50-38-41(39-51-53(47,48)49)52-43(46)37-33-29-26-23-20-21-24-27-31-35-40(44)34-30-6-4-2/h5-7,9-10,12-13,15-16,18-19,24-25,27-28,30-31,35,40-41,44H,3-4,8,11,14,17,20-23,26,29,32-34,36-39H2,1-2H3,(H2,47,48,49)/b7-5-,10-9-,13-12-,16-15-,19-18-,27-24+,28-25-,30-6+,35-31+/t40?,41-/m1/s1. The third-order valence-electron chi connectivity index (χ3n) is 7.38. The molecule has 2 atom stereocenters. The zero-order valence-electron chi connectivity index (χ0n) is 32.2. The molecule has 1 unspecified atom stereocenters. The molecule has 0 radical (unpaired) electrons. The molecule has 0 saturated carbocycles. The van der Waals surface area contributed by atoms with Crippen LogP contribution in [0.3, 0.4) is 0 Å². The van der Waals surface area contributed by atoms with Crippen molar-refractivity contribution in [1.82, 2.24) is 0 Å². The number of ether oxygens (including phenoxy) is 2. The Hall–Kier alpha value is -3.33. The van der Waals surface area contributed by atoms with E-state index >= 15 is 0 Å². The molecule has 0 aromatic heterocycles. The van der Waals surface area contributed by atoms with Crippen molar-refractivity contribution in [2.75, 3.05) is 13.2 Å². The first kappa shape index (κ1) is 49.7. The Morgan fingerprint density at radius 3 is 1.70 bits per heavy atom. The van der Waals surface area contributed by atoms with Gasteiger partial charge in [-0.2, -0.15) is 0 Å². The summed E-state index contributed by atoms with van der Waals surface area (Å²) >= 11 is 0. The van der Waals surface area contributed by atoms with Gasteiger partial charge in [-0.05, 0) is 77.0 Å². The summed E-state index contributed by atoms with van der Waals surface area (Å²) in [6.07, 6.45) is 48.6. The molecule has 0 rings (SSSR count). The van der Waals surface area contributed by atoms with E-state index < -0.39 is 38.6 Å². The highest BCUT2D eigenvalue weighted by atomic mass is 31.2. The second kappa shape index (κ2) is 37.0. The van der Waals surface area contributed by atoms with Gasteiger partial charge in [-0.15, -0.1) is 0 Å². The summed E-state index contributed by atoms with van der Waals surface area (Å²) in [6.45, 7) is 3.25. The number of phosphoric acid groups is 1. The van der Waals surface area contributed by atoms with Crippen molar-refractivity contribution in [1.29, 1.82) is 0 Å². The molecule has 0 fully saturated rings. The lowest BCUT2D eigenvalue weighted by atomic mass is 10.1. The van der Waals surface area contributed by atoms with Gasteiger partial charge in [-0.25, -0.2) is 4.57 Å². The zero-order chi connectivity index (χ0) is 39.1. The van der Waals surface area contributed by atoms with Gasteiger partial charge in [0.2, 0.25) is 0 Å². The van der Waals surface area contributed by atoms with Crippen molar-refractivity contribution in [3.63, 3.8) is 0 Å². The Morgan fingerprint density at radius 2 is 1.11 bits per heavy atom. The molecule has 0 aliphatic rings. The summed E-state index contributed by atoms with van der Waals surface area (Å²) in [7, 11) is -4.80. The molecule has 0 aliphatic heterocycles. The Balaban J connectivity index is 4.19. The van der Waals surface area contributed by atoms with Gasteiger partial charge < -0.3 is 24.4 Å². The summed E-state index contributed by atoms with van der Waals surface area (Å²) < 4.78 is 26.2. The fraction of sp³-hybridized carbons (Fsp3) is 0.535. The predicted octanol–water partition coefficient (Wildman–Crippen LogP) is 10.6. The van der Waals surface area contributed by atoms with Crippen LogP contribution in [0.1, 0.15) is 123 Å². The minimum absolute atomic E-state index is 0.120. The highest BCUT2D eigenvalue weighted by Gasteiger charge is 2.22. The smallest absolute Gasteiger partial charge is 0.462 e. The second-order valence-electron chi connectivity index (χ2n) is 12.3. The zero-order valence-corrected chi connectivity index (χ0v) is 33.1. The van der Waals surface area contributed by atoms with Crippen LogP contribution in [0.5, 0.6) is 0 Å². The summed E-state index contributed by atoms with van der Waals surface area (Å²) in [6, 6.07) is 0. The summed E-state index contributed by atoms with van der Waals surface area (Å²) in [5.41, 5.74) is 0. The Kier molecular flexibility index (Phi) is 34.7. The van der Waals surface area contributed by atoms with Crippen LogP contribution < -0.4 is 0 Å². The van der Waals surface area contributed by atoms with Crippen LogP contribution in [-0.2, 0) is 28.2 Å². The number of unbranched alkanes of at least 4 members (excludes halogenated alkanes) is 5. The van der Waals surface area contributed by atoms with Gasteiger partial charge >= 0.3 is 19.8 Å². The monoisotopic (exact) mass is 758 g/mol. The van der Waals surface area contributed by atoms with Gasteiger partial charge in [0.15, 0.2) is 6.10 Å². The third-order valence-corrected chi connectivity index (χ3v) is 7.87. The number of hydrogen-bond donors (Lipinski definition) is 3. The molecule has 0 aromatic rings. The first-order valence-corrected chi connectivity index (χ1v) is 20.8. The Bertz CT molecular complexity index is 1230. The Labute approximate surface area is 319 Å². The molecule has 0 amide bonds. The van der Waals surface area contributed by atoms with Crippen molar-refractivity contribution in [2.45, 2.75) is 135 Å². The van der Waals surface area contributed by atoms with E-state index in [4.69, 9.17) is 19.3 Å². The number of phosphoric ester groups is 1. The maximum absolute atomic E-state index is 12.4. The number of allylic oxidation sites excluding steroid dienone is 16. The molecule has 0 aromatic carbocycles. The van der Waals surface area contributed by atoms with Crippen molar-refractivity contribution in [3.05, 3.63) is 109 Å². The van der Waals surface area contributed by atoms with Crippen LogP contribution in [0.25, 0.3) is 0 Å². The minimum atomic E-state index is -4.80. The molecule has 9 nitrogen and oxygen atoms in total. The second-order valence-corrected chi connectivity index (χ2v) is 13.6. The summed E-state index contributed by atoms with van der Waals surface area (Å²) in [5, 5.41) is 9.83. The highest BCUT2D eigenvalue weighted by molar-refractivity contribution is 7.46. The number of hydrogen-bond acceptors (Lipinski definition) is 7. The lowest BCUT2D eigenvalue weighted by Gasteiger charge is -2.18. The van der Waals surface area contributed by atoms with Crippen LogP contribution in [-0.4, -0.2) is 52.3 Å². The van der Waals surface area contributed by atoms with E-state index in [-0.39, 0.29) is 19.4 Å². The van der Waals surface area contributed by atoms with Crippen LogP contribution in [0.2, 0.25) is 0 Å². The number of carbonyl (C=O) groups excluding carboxylic acids is 2. The molecular formula is C43H67O9P. The maximum Gasteiger partial charge on any atom is 0.469 e. The third kappa shape index (κ3) is 39.7.